The number of rotatable bonds is 3. The van der Waals surface area contributed by atoms with Gasteiger partial charge >= 0.3 is 7.12 Å². The molecule has 0 atom stereocenters. The lowest BCUT2D eigenvalue weighted by Gasteiger charge is -2.32. The molecule has 1 fully saturated rings. The Hall–Kier alpha value is -1.26. The highest BCUT2D eigenvalue weighted by Gasteiger charge is 2.53. The molecule has 2 heterocycles. The SMILES string of the molecule is CC1(C)OB(C2=CCCCN2Cc2ccccc2)OC1(C)C. The first-order valence-corrected chi connectivity index (χ1v) is 8.24. The third-order valence-electron chi connectivity index (χ3n) is 5.06. The zero-order valence-electron chi connectivity index (χ0n) is 14.1. The van der Waals surface area contributed by atoms with Gasteiger partial charge in [0.25, 0.3) is 0 Å². The third-order valence-corrected chi connectivity index (χ3v) is 5.06. The highest BCUT2D eigenvalue weighted by molar-refractivity contribution is 6.54. The molecule has 118 valence electrons. The highest BCUT2D eigenvalue weighted by Crippen LogP contribution is 2.39. The maximum absolute atomic E-state index is 6.24. The Labute approximate surface area is 134 Å². The lowest BCUT2D eigenvalue weighted by atomic mass is 9.80. The summed E-state index contributed by atoms with van der Waals surface area (Å²) in [6.45, 7) is 10.4. The Balaban J connectivity index is 1.78. The van der Waals surface area contributed by atoms with Crippen LogP contribution in [0.5, 0.6) is 0 Å². The Kier molecular flexibility index (Phi) is 4.08. The monoisotopic (exact) mass is 299 g/mol. The standard InChI is InChI=1S/C18H26BNO2/c1-17(2)18(3,4)22-19(21-17)16-12-8-9-13-20(16)14-15-10-6-5-7-11-15/h5-7,10-12H,8-9,13-14H2,1-4H3. The van der Waals surface area contributed by atoms with Crippen molar-refractivity contribution in [2.45, 2.75) is 58.3 Å². The molecule has 0 aromatic heterocycles. The summed E-state index contributed by atoms with van der Waals surface area (Å²) in [7, 11) is -0.256. The second-order valence-corrected chi connectivity index (χ2v) is 7.27. The van der Waals surface area contributed by atoms with Crippen LogP contribution in [-0.2, 0) is 15.9 Å². The van der Waals surface area contributed by atoms with E-state index in [9.17, 15) is 0 Å². The Morgan fingerprint density at radius 1 is 1.05 bits per heavy atom. The summed E-state index contributed by atoms with van der Waals surface area (Å²) in [4.78, 5) is 2.40. The molecular weight excluding hydrogens is 273 g/mol. The molecule has 0 unspecified atom stereocenters. The molecule has 2 aliphatic heterocycles. The molecule has 4 heteroatoms. The molecule has 3 nitrogen and oxygen atoms in total. The van der Waals surface area contributed by atoms with Gasteiger partial charge in [0.1, 0.15) is 0 Å². The van der Waals surface area contributed by atoms with Gasteiger partial charge in [0, 0.05) is 18.7 Å². The minimum Gasteiger partial charge on any atom is -0.398 e. The Morgan fingerprint density at radius 2 is 1.68 bits per heavy atom. The van der Waals surface area contributed by atoms with Crippen molar-refractivity contribution in [1.29, 1.82) is 0 Å². The van der Waals surface area contributed by atoms with E-state index in [1.807, 2.05) is 0 Å². The third kappa shape index (κ3) is 2.95. The molecule has 1 aromatic carbocycles. The summed E-state index contributed by atoms with van der Waals surface area (Å²) in [5, 5.41) is 0. The van der Waals surface area contributed by atoms with E-state index in [0.29, 0.717) is 0 Å². The van der Waals surface area contributed by atoms with Crippen LogP contribution in [0, 0.1) is 0 Å². The van der Waals surface area contributed by atoms with E-state index in [4.69, 9.17) is 9.31 Å². The maximum atomic E-state index is 6.24. The van der Waals surface area contributed by atoms with Crippen LogP contribution in [0.4, 0.5) is 0 Å². The molecule has 0 amide bonds. The molecule has 0 spiro atoms. The smallest absolute Gasteiger partial charge is 0.398 e. The van der Waals surface area contributed by atoms with Crippen LogP contribution in [0.3, 0.4) is 0 Å². The van der Waals surface area contributed by atoms with Crippen LogP contribution in [0.15, 0.2) is 42.0 Å². The van der Waals surface area contributed by atoms with Crippen LogP contribution >= 0.6 is 0 Å². The lowest BCUT2D eigenvalue weighted by Crippen LogP contribution is -2.41. The number of hydrogen-bond acceptors (Lipinski definition) is 3. The van der Waals surface area contributed by atoms with E-state index >= 15 is 0 Å². The number of allylic oxidation sites excluding steroid dienone is 1. The summed E-state index contributed by atoms with van der Waals surface area (Å²) >= 11 is 0. The molecule has 2 aliphatic rings. The average Bonchev–Trinajstić information content (AvgIpc) is 2.69. The van der Waals surface area contributed by atoms with E-state index < -0.39 is 0 Å². The first-order chi connectivity index (χ1) is 10.4. The molecule has 0 bridgehead atoms. The number of benzene rings is 1. The second-order valence-electron chi connectivity index (χ2n) is 7.27. The van der Waals surface area contributed by atoms with E-state index in [2.05, 4.69) is 69.0 Å². The topological polar surface area (TPSA) is 21.7 Å². The zero-order valence-corrected chi connectivity index (χ0v) is 14.1. The van der Waals surface area contributed by atoms with Gasteiger partial charge in [0.15, 0.2) is 0 Å². The Bertz CT molecular complexity index is 537. The molecule has 3 rings (SSSR count). The van der Waals surface area contributed by atoms with Crippen molar-refractivity contribution in [2.24, 2.45) is 0 Å². The lowest BCUT2D eigenvalue weighted by molar-refractivity contribution is 0.00578. The predicted molar refractivity (Wildman–Crippen MR) is 90.3 cm³/mol. The molecule has 0 radical (unpaired) electrons. The van der Waals surface area contributed by atoms with Crippen molar-refractivity contribution in [2.75, 3.05) is 6.54 Å². The van der Waals surface area contributed by atoms with Crippen molar-refractivity contribution < 1.29 is 9.31 Å². The van der Waals surface area contributed by atoms with Crippen molar-refractivity contribution in [1.82, 2.24) is 4.90 Å². The summed E-state index contributed by atoms with van der Waals surface area (Å²) < 4.78 is 12.5. The first-order valence-electron chi connectivity index (χ1n) is 8.24. The fourth-order valence-corrected chi connectivity index (χ4v) is 2.97. The van der Waals surface area contributed by atoms with E-state index in [-0.39, 0.29) is 18.3 Å². The van der Waals surface area contributed by atoms with Gasteiger partial charge in [0.2, 0.25) is 0 Å². The normalized spacial score (nSPS) is 23.5. The first kappa shape index (κ1) is 15.6. The van der Waals surface area contributed by atoms with Crippen molar-refractivity contribution in [3.05, 3.63) is 47.6 Å². The average molecular weight is 299 g/mol. The summed E-state index contributed by atoms with van der Waals surface area (Å²) in [6, 6.07) is 10.6. The minimum absolute atomic E-state index is 0.256. The van der Waals surface area contributed by atoms with Crippen molar-refractivity contribution >= 4 is 7.12 Å². The molecule has 0 N–H and O–H groups in total. The van der Waals surface area contributed by atoms with Crippen LogP contribution in [0.1, 0.15) is 46.1 Å². The van der Waals surface area contributed by atoms with Crippen LogP contribution < -0.4 is 0 Å². The van der Waals surface area contributed by atoms with Gasteiger partial charge in [-0.2, -0.15) is 0 Å². The fraction of sp³-hybridized carbons (Fsp3) is 0.556. The van der Waals surface area contributed by atoms with Gasteiger partial charge in [-0.3, -0.25) is 0 Å². The molecule has 0 saturated carbocycles. The molecule has 22 heavy (non-hydrogen) atoms. The zero-order chi connectivity index (χ0) is 15.8. The second kappa shape index (κ2) is 5.75. The summed E-state index contributed by atoms with van der Waals surface area (Å²) in [5.41, 5.74) is 1.95. The van der Waals surface area contributed by atoms with Gasteiger partial charge in [0.05, 0.1) is 11.2 Å². The van der Waals surface area contributed by atoms with Gasteiger partial charge in [-0.1, -0.05) is 36.4 Å². The van der Waals surface area contributed by atoms with Crippen LogP contribution in [-0.4, -0.2) is 29.8 Å². The maximum Gasteiger partial charge on any atom is 0.511 e. The largest absolute Gasteiger partial charge is 0.511 e. The van der Waals surface area contributed by atoms with Gasteiger partial charge < -0.3 is 14.2 Å². The quantitative estimate of drug-likeness (QED) is 0.792. The van der Waals surface area contributed by atoms with Crippen molar-refractivity contribution in [3.8, 4) is 0 Å². The van der Waals surface area contributed by atoms with Crippen LogP contribution in [0.2, 0.25) is 0 Å². The molecular formula is C18H26BNO2. The highest BCUT2D eigenvalue weighted by atomic mass is 16.7. The van der Waals surface area contributed by atoms with Crippen molar-refractivity contribution in [3.63, 3.8) is 0 Å². The molecule has 1 aromatic rings. The van der Waals surface area contributed by atoms with E-state index in [1.54, 1.807) is 0 Å². The van der Waals surface area contributed by atoms with Gasteiger partial charge in [-0.05, 0) is 46.1 Å². The molecule has 1 saturated heterocycles. The summed E-state index contributed by atoms with van der Waals surface area (Å²) in [6.07, 6.45) is 4.58. The molecule has 0 aliphatic carbocycles. The van der Waals surface area contributed by atoms with E-state index in [1.165, 1.54) is 17.6 Å². The number of hydrogen-bond donors (Lipinski definition) is 0. The predicted octanol–water partition coefficient (Wildman–Crippen LogP) is 3.80. The minimum atomic E-state index is -0.283. The van der Waals surface area contributed by atoms with Gasteiger partial charge in [-0.25, -0.2) is 0 Å². The van der Waals surface area contributed by atoms with Gasteiger partial charge in [-0.15, -0.1) is 0 Å². The van der Waals surface area contributed by atoms with E-state index in [0.717, 1.165) is 19.5 Å². The van der Waals surface area contributed by atoms with Crippen LogP contribution in [0.25, 0.3) is 0 Å². The summed E-state index contributed by atoms with van der Waals surface area (Å²) in [5.74, 6) is 0. The Morgan fingerprint density at radius 3 is 2.32 bits per heavy atom. The number of nitrogens with zero attached hydrogens (tertiary/aromatic N) is 1. The fourth-order valence-electron chi connectivity index (χ4n) is 2.97.